The molecule has 1 amide bonds. The predicted molar refractivity (Wildman–Crippen MR) is 83.5 cm³/mol. The van der Waals surface area contributed by atoms with Crippen molar-refractivity contribution in [3.8, 4) is 5.75 Å². The molecule has 0 saturated heterocycles. The van der Waals surface area contributed by atoms with Crippen LogP contribution in [0.2, 0.25) is 0 Å². The van der Waals surface area contributed by atoms with Gasteiger partial charge in [-0.2, -0.15) is 0 Å². The molecule has 0 aliphatic heterocycles. The summed E-state index contributed by atoms with van der Waals surface area (Å²) in [6, 6.07) is 7.61. The first-order chi connectivity index (χ1) is 10.7. The maximum absolute atomic E-state index is 13.1. The molecule has 0 unspecified atom stereocenters. The van der Waals surface area contributed by atoms with E-state index in [1.807, 2.05) is 0 Å². The third kappa shape index (κ3) is 3.85. The van der Waals surface area contributed by atoms with Crippen molar-refractivity contribution in [1.29, 1.82) is 0 Å². The van der Waals surface area contributed by atoms with Gasteiger partial charge in [0.25, 0.3) is 5.91 Å². The molecule has 3 N–H and O–H groups in total. The molecule has 0 aliphatic rings. The van der Waals surface area contributed by atoms with Crippen LogP contribution in [0.25, 0.3) is 0 Å². The van der Waals surface area contributed by atoms with E-state index in [9.17, 15) is 17.6 Å². The largest absolute Gasteiger partial charge is 0.496 e. The number of amides is 1. The molecule has 0 aromatic heterocycles. The molecular formula is C15H15FN2O4S. The molecule has 8 heteroatoms. The van der Waals surface area contributed by atoms with E-state index in [4.69, 9.17) is 9.88 Å². The Morgan fingerprint density at radius 3 is 2.48 bits per heavy atom. The monoisotopic (exact) mass is 338 g/mol. The van der Waals surface area contributed by atoms with Crippen molar-refractivity contribution in [2.45, 2.75) is 11.8 Å². The van der Waals surface area contributed by atoms with Gasteiger partial charge in [-0.05, 0) is 48.9 Å². The Labute approximate surface area is 133 Å². The van der Waals surface area contributed by atoms with Crippen LogP contribution < -0.4 is 15.2 Å². The Balaban J connectivity index is 2.41. The second kappa shape index (κ2) is 6.35. The summed E-state index contributed by atoms with van der Waals surface area (Å²) in [6.07, 6.45) is 0. The number of ether oxygens (including phenoxy) is 1. The van der Waals surface area contributed by atoms with Crippen LogP contribution in [0.15, 0.2) is 41.3 Å². The van der Waals surface area contributed by atoms with Crippen molar-refractivity contribution in [2.75, 3.05) is 12.4 Å². The minimum absolute atomic E-state index is 0.00255. The van der Waals surface area contributed by atoms with Crippen molar-refractivity contribution < 1.29 is 22.3 Å². The Hall–Kier alpha value is -2.45. The number of hydrogen-bond acceptors (Lipinski definition) is 4. The van der Waals surface area contributed by atoms with Crippen molar-refractivity contribution in [1.82, 2.24) is 0 Å². The van der Waals surface area contributed by atoms with Gasteiger partial charge in [0.1, 0.15) is 11.6 Å². The van der Waals surface area contributed by atoms with E-state index in [1.54, 1.807) is 6.92 Å². The van der Waals surface area contributed by atoms with E-state index in [2.05, 4.69) is 5.32 Å². The van der Waals surface area contributed by atoms with Crippen LogP contribution >= 0.6 is 0 Å². The molecule has 0 radical (unpaired) electrons. The number of benzene rings is 2. The molecule has 2 aromatic carbocycles. The highest BCUT2D eigenvalue weighted by molar-refractivity contribution is 7.89. The molecule has 122 valence electrons. The topological polar surface area (TPSA) is 98.5 Å². The summed E-state index contributed by atoms with van der Waals surface area (Å²) in [5.41, 5.74) is 0.933. The third-order valence-electron chi connectivity index (χ3n) is 3.18. The number of methoxy groups -OCH3 is 1. The number of aryl methyl sites for hydroxylation is 1. The highest BCUT2D eigenvalue weighted by atomic mass is 32.2. The number of hydrogen-bond donors (Lipinski definition) is 2. The molecule has 0 fully saturated rings. The van der Waals surface area contributed by atoms with Gasteiger partial charge in [0.05, 0.1) is 17.6 Å². The molecule has 2 aromatic rings. The van der Waals surface area contributed by atoms with E-state index in [0.717, 1.165) is 6.07 Å². The SMILES string of the molecule is COc1ccc(S(N)(=O)=O)cc1C(=O)Nc1ccc(F)cc1C. The molecule has 23 heavy (non-hydrogen) atoms. The van der Waals surface area contributed by atoms with Crippen molar-refractivity contribution in [3.63, 3.8) is 0 Å². The summed E-state index contributed by atoms with van der Waals surface area (Å²) in [7, 11) is -2.60. The zero-order valence-electron chi connectivity index (χ0n) is 12.5. The second-order valence-corrected chi connectivity index (χ2v) is 6.38. The molecule has 0 aliphatic carbocycles. The smallest absolute Gasteiger partial charge is 0.259 e. The summed E-state index contributed by atoms with van der Waals surface area (Å²) in [4.78, 5) is 12.2. The van der Waals surface area contributed by atoms with Crippen molar-refractivity contribution in [2.24, 2.45) is 5.14 Å². The van der Waals surface area contributed by atoms with Gasteiger partial charge >= 0.3 is 0 Å². The maximum atomic E-state index is 13.1. The van der Waals surface area contributed by atoms with Gasteiger partial charge in [0, 0.05) is 5.69 Å². The van der Waals surface area contributed by atoms with E-state index < -0.39 is 21.7 Å². The Morgan fingerprint density at radius 2 is 1.91 bits per heavy atom. The summed E-state index contributed by atoms with van der Waals surface area (Å²) in [5, 5.41) is 7.65. The van der Waals surface area contributed by atoms with Crippen LogP contribution in [0, 0.1) is 12.7 Å². The highest BCUT2D eigenvalue weighted by Gasteiger charge is 2.18. The first-order valence-corrected chi connectivity index (χ1v) is 8.05. The van der Waals surface area contributed by atoms with Gasteiger partial charge in [0.2, 0.25) is 10.0 Å². The molecular weight excluding hydrogens is 323 g/mol. The molecule has 0 bridgehead atoms. The fourth-order valence-electron chi connectivity index (χ4n) is 2.00. The number of nitrogens with two attached hydrogens (primary N) is 1. The first-order valence-electron chi connectivity index (χ1n) is 6.50. The maximum Gasteiger partial charge on any atom is 0.259 e. The summed E-state index contributed by atoms with van der Waals surface area (Å²) < 4.78 is 41.0. The number of nitrogens with one attached hydrogen (secondary N) is 1. The molecule has 2 rings (SSSR count). The quantitative estimate of drug-likeness (QED) is 0.891. The summed E-state index contributed by atoms with van der Waals surface area (Å²) in [6.45, 7) is 1.64. The first kappa shape index (κ1) is 16.9. The zero-order valence-corrected chi connectivity index (χ0v) is 13.3. The lowest BCUT2D eigenvalue weighted by Crippen LogP contribution is -2.17. The number of carbonyl (C=O) groups is 1. The zero-order chi connectivity index (χ0) is 17.2. The fraction of sp³-hybridized carbons (Fsp3) is 0.133. The van der Waals surface area contributed by atoms with Gasteiger partial charge < -0.3 is 10.1 Å². The van der Waals surface area contributed by atoms with Crippen molar-refractivity contribution in [3.05, 3.63) is 53.3 Å². The summed E-state index contributed by atoms with van der Waals surface area (Å²) in [5.74, 6) is -0.828. The minimum atomic E-state index is -3.96. The van der Waals surface area contributed by atoms with Crippen LogP contribution in [0.3, 0.4) is 0 Å². The Kier molecular flexibility index (Phi) is 4.67. The number of anilines is 1. The van der Waals surface area contributed by atoms with E-state index in [0.29, 0.717) is 11.3 Å². The van der Waals surface area contributed by atoms with E-state index in [1.165, 1.54) is 37.4 Å². The van der Waals surface area contributed by atoms with Gasteiger partial charge in [0.15, 0.2) is 0 Å². The highest BCUT2D eigenvalue weighted by Crippen LogP contribution is 2.24. The van der Waals surface area contributed by atoms with Crippen LogP contribution in [-0.4, -0.2) is 21.4 Å². The van der Waals surface area contributed by atoms with Gasteiger partial charge in [-0.3, -0.25) is 4.79 Å². The third-order valence-corrected chi connectivity index (χ3v) is 4.09. The predicted octanol–water partition coefficient (Wildman–Crippen LogP) is 2.04. The number of primary sulfonamides is 1. The molecule has 0 heterocycles. The number of halogens is 1. The minimum Gasteiger partial charge on any atom is -0.496 e. The molecule has 0 spiro atoms. The Bertz CT molecular complexity index is 866. The lowest BCUT2D eigenvalue weighted by atomic mass is 10.1. The molecule has 6 nitrogen and oxygen atoms in total. The normalized spacial score (nSPS) is 11.1. The standard InChI is InChI=1S/C15H15FN2O4S/c1-9-7-10(16)3-5-13(9)18-15(19)12-8-11(23(17,20)21)4-6-14(12)22-2/h3-8H,1-2H3,(H,18,19)(H2,17,20,21). The lowest BCUT2D eigenvalue weighted by Gasteiger charge is -2.12. The Morgan fingerprint density at radius 1 is 1.22 bits per heavy atom. The second-order valence-electron chi connectivity index (χ2n) is 4.82. The van der Waals surface area contributed by atoms with E-state index in [-0.39, 0.29) is 16.2 Å². The fourth-order valence-corrected chi connectivity index (χ4v) is 2.54. The molecule has 0 saturated carbocycles. The van der Waals surface area contributed by atoms with Crippen LogP contribution in [0.4, 0.5) is 10.1 Å². The van der Waals surface area contributed by atoms with Crippen LogP contribution in [0.5, 0.6) is 5.75 Å². The summed E-state index contributed by atoms with van der Waals surface area (Å²) >= 11 is 0. The average molecular weight is 338 g/mol. The average Bonchev–Trinajstić information content (AvgIpc) is 2.48. The van der Waals surface area contributed by atoms with Crippen LogP contribution in [-0.2, 0) is 10.0 Å². The van der Waals surface area contributed by atoms with E-state index >= 15 is 0 Å². The van der Waals surface area contributed by atoms with Gasteiger partial charge in [-0.15, -0.1) is 0 Å². The van der Waals surface area contributed by atoms with Crippen LogP contribution in [0.1, 0.15) is 15.9 Å². The lowest BCUT2D eigenvalue weighted by molar-refractivity contribution is 0.102. The van der Waals surface area contributed by atoms with Gasteiger partial charge in [-0.25, -0.2) is 17.9 Å². The molecule has 0 atom stereocenters. The number of sulfonamides is 1. The number of carbonyl (C=O) groups excluding carboxylic acids is 1. The van der Waals surface area contributed by atoms with Crippen molar-refractivity contribution >= 4 is 21.6 Å². The number of rotatable bonds is 4. The van der Waals surface area contributed by atoms with Gasteiger partial charge in [-0.1, -0.05) is 0 Å².